The molecule has 0 aliphatic rings. The van der Waals surface area contributed by atoms with Crippen molar-refractivity contribution in [2.24, 2.45) is 0 Å². The van der Waals surface area contributed by atoms with Crippen molar-refractivity contribution in [2.45, 2.75) is 0 Å². The van der Waals surface area contributed by atoms with E-state index in [0.717, 1.165) is 5.70 Å². The van der Waals surface area contributed by atoms with E-state index in [1.807, 2.05) is 0 Å². The minimum Gasteiger partial charge on any atom is -0.258 e. The molecule has 0 aromatic heterocycles. The number of hydrogen-bond donors (Lipinski definition) is 3. The van der Waals surface area contributed by atoms with Crippen LogP contribution in [0.25, 0.3) is 0 Å². The fourth-order valence-electron chi connectivity index (χ4n) is 0.162. The summed E-state index contributed by atoms with van der Waals surface area (Å²) in [6.07, 6.45) is 0. The zero-order chi connectivity index (χ0) is 7.33. The summed E-state index contributed by atoms with van der Waals surface area (Å²) in [4.78, 5) is 0. The summed E-state index contributed by atoms with van der Waals surface area (Å²) in [6, 6.07) is 0. The molecule has 0 aromatic rings. The van der Waals surface area contributed by atoms with Crippen molar-refractivity contribution in [1.82, 2.24) is 0 Å². The van der Waals surface area contributed by atoms with Crippen molar-refractivity contribution in [3.05, 3.63) is 12.3 Å². The van der Waals surface area contributed by atoms with Crippen LogP contribution in [0.1, 0.15) is 0 Å². The summed E-state index contributed by atoms with van der Waals surface area (Å²) < 4.78 is 10.4. The van der Waals surface area contributed by atoms with Crippen LogP contribution in [0.2, 0.25) is 0 Å². The molecular formula is C2H6O6Si. The quantitative estimate of drug-likeness (QED) is 0.303. The Bertz CT molecular complexity index is 80.8. The Hall–Kier alpha value is -0.283. The molecule has 54 valence electrons. The minimum absolute atomic E-state index is 0.826. The van der Waals surface area contributed by atoms with Crippen LogP contribution in [-0.4, -0.2) is 24.6 Å². The van der Waals surface area contributed by atoms with Crippen molar-refractivity contribution in [1.29, 1.82) is 0 Å². The predicted octanol–water partition coefficient (Wildman–Crippen LogP) is 0.119. The van der Waals surface area contributed by atoms with Gasteiger partial charge in [0.05, 0.1) is 0 Å². The molecule has 3 N–H and O–H groups in total. The molecular weight excluding hydrogens is 148 g/mol. The molecule has 0 aliphatic carbocycles. The summed E-state index contributed by atoms with van der Waals surface area (Å²) in [7, 11) is -3.76. The smallest absolute Gasteiger partial charge is 0.258 e. The normalized spacial score (nSPS) is 11.4. The van der Waals surface area contributed by atoms with E-state index in [2.05, 4.69) is 20.3 Å². The summed E-state index contributed by atoms with van der Waals surface area (Å²) in [5.74, 6) is 0. The van der Waals surface area contributed by atoms with Gasteiger partial charge in [-0.25, -0.2) is 13.7 Å². The highest BCUT2D eigenvalue weighted by Gasteiger charge is 2.40. The number of rotatable bonds is 4. The summed E-state index contributed by atoms with van der Waals surface area (Å²) in [5.41, 5.74) is 0.826. The van der Waals surface area contributed by atoms with E-state index >= 15 is 0 Å². The van der Waals surface area contributed by atoms with Gasteiger partial charge in [-0.1, -0.05) is 6.58 Å². The Morgan fingerprint density at radius 1 is 1.11 bits per heavy atom. The van der Waals surface area contributed by atoms with Crippen LogP contribution in [-0.2, 0) is 13.7 Å². The van der Waals surface area contributed by atoms with E-state index in [9.17, 15) is 0 Å². The highest BCUT2D eigenvalue weighted by Crippen LogP contribution is 2.04. The first-order chi connectivity index (χ1) is 4.24. The van der Waals surface area contributed by atoms with Crippen molar-refractivity contribution in [3.8, 4) is 0 Å². The number of hydrogen-bond acceptors (Lipinski definition) is 6. The second-order valence-corrected chi connectivity index (χ2v) is 3.24. The zero-order valence-electron chi connectivity index (χ0n) is 4.35. The summed E-state index contributed by atoms with van der Waals surface area (Å²) >= 11 is 0. The van der Waals surface area contributed by atoms with Crippen LogP contribution in [0.3, 0.4) is 0 Å². The van der Waals surface area contributed by atoms with Gasteiger partial charge in [-0.05, 0) is 5.70 Å². The predicted molar refractivity (Wildman–Crippen MR) is 27.1 cm³/mol. The molecule has 0 unspecified atom stereocenters. The SMILES string of the molecule is C=C[Si](OO)(OO)OO. The van der Waals surface area contributed by atoms with E-state index in [0.29, 0.717) is 0 Å². The highest BCUT2D eigenvalue weighted by molar-refractivity contribution is 6.65. The van der Waals surface area contributed by atoms with E-state index < -0.39 is 8.80 Å². The van der Waals surface area contributed by atoms with Gasteiger partial charge in [-0.15, -0.1) is 0 Å². The van der Waals surface area contributed by atoms with Crippen LogP contribution in [0.4, 0.5) is 0 Å². The van der Waals surface area contributed by atoms with Gasteiger partial charge < -0.3 is 0 Å². The van der Waals surface area contributed by atoms with Crippen LogP contribution in [0.15, 0.2) is 12.3 Å². The van der Waals surface area contributed by atoms with Gasteiger partial charge >= 0.3 is 8.80 Å². The Kier molecular flexibility index (Phi) is 3.57. The molecule has 0 saturated heterocycles. The zero-order valence-corrected chi connectivity index (χ0v) is 5.35. The van der Waals surface area contributed by atoms with E-state index in [1.54, 1.807) is 0 Å². The first-order valence-electron chi connectivity index (χ1n) is 1.86. The van der Waals surface area contributed by atoms with Gasteiger partial charge in [0.1, 0.15) is 0 Å². The molecule has 7 heteroatoms. The topological polar surface area (TPSA) is 88.4 Å². The van der Waals surface area contributed by atoms with Gasteiger partial charge in [0.15, 0.2) is 0 Å². The molecule has 0 spiro atoms. The van der Waals surface area contributed by atoms with Gasteiger partial charge in [-0.2, -0.15) is 0 Å². The third-order valence-corrected chi connectivity index (χ3v) is 1.90. The Labute approximate surface area is 51.7 Å². The van der Waals surface area contributed by atoms with Crippen molar-refractivity contribution >= 4 is 8.80 Å². The average molecular weight is 154 g/mol. The van der Waals surface area contributed by atoms with Crippen LogP contribution in [0.5, 0.6) is 0 Å². The maximum absolute atomic E-state index is 7.90. The van der Waals surface area contributed by atoms with Crippen LogP contribution in [0, 0.1) is 0 Å². The fraction of sp³-hybridized carbons (Fsp3) is 0. The molecule has 0 rings (SSSR count). The maximum atomic E-state index is 7.90. The molecule has 6 nitrogen and oxygen atoms in total. The van der Waals surface area contributed by atoms with Crippen molar-refractivity contribution in [2.75, 3.05) is 0 Å². The van der Waals surface area contributed by atoms with E-state index in [-0.39, 0.29) is 0 Å². The minimum atomic E-state index is -3.76. The van der Waals surface area contributed by atoms with Crippen LogP contribution < -0.4 is 0 Å². The molecule has 0 atom stereocenters. The Morgan fingerprint density at radius 2 is 1.44 bits per heavy atom. The molecule has 0 saturated carbocycles. The van der Waals surface area contributed by atoms with Crippen molar-refractivity contribution in [3.63, 3.8) is 0 Å². The standard InChI is InChI=1S/C2H6O6Si/c1-2-9(6-3,7-4)8-5/h2-5H,1H2. The highest BCUT2D eigenvalue weighted by atomic mass is 28.4. The lowest BCUT2D eigenvalue weighted by Gasteiger charge is -2.12. The van der Waals surface area contributed by atoms with Crippen molar-refractivity contribution < 1.29 is 29.5 Å². The third-order valence-electron chi connectivity index (χ3n) is 0.632. The monoisotopic (exact) mass is 154 g/mol. The molecule has 0 heterocycles. The first kappa shape index (κ1) is 8.72. The molecule has 0 fully saturated rings. The lowest BCUT2D eigenvalue weighted by atomic mass is 11.3. The lowest BCUT2D eigenvalue weighted by molar-refractivity contribution is -0.312. The van der Waals surface area contributed by atoms with Gasteiger partial charge in [0, 0.05) is 0 Å². The van der Waals surface area contributed by atoms with Gasteiger partial charge in [-0.3, -0.25) is 15.8 Å². The molecule has 0 radical (unpaired) electrons. The molecule has 0 aliphatic heterocycles. The van der Waals surface area contributed by atoms with Crippen LogP contribution >= 0.6 is 0 Å². The first-order valence-corrected chi connectivity index (χ1v) is 3.66. The lowest BCUT2D eigenvalue weighted by Crippen LogP contribution is -2.41. The second-order valence-electron chi connectivity index (χ2n) is 1.08. The molecule has 0 amide bonds. The second kappa shape index (κ2) is 3.69. The third kappa shape index (κ3) is 1.84. The largest absolute Gasteiger partial charge is 0.611 e. The van der Waals surface area contributed by atoms with Gasteiger partial charge in [0.25, 0.3) is 0 Å². The summed E-state index contributed by atoms with van der Waals surface area (Å²) in [6.45, 7) is 3.05. The Balaban J connectivity index is 3.98. The average Bonchev–Trinajstić information content (AvgIpc) is 1.95. The van der Waals surface area contributed by atoms with Gasteiger partial charge in [0.2, 0.25) is 0 Å². The van der Waals surface area contributed by atoms with E-state index in [1.165, 1.54) is 0 Å². The molecule has 9 heavy (non-hydrogen) atoms. The Morgan fingerprint density at radius 3 is 1.44 bits per heavy atom. The summed E-state index contributed by atoms with van der Waals surface area (Å²) in [5, 5.41) is 23.7. The maximum Gasteiger partial charge on any atom is 0.611 e. The fourth-order valence-corrected chi connectivity index (χ4v) is 0.485. The molecule has 0 bridgehead atoms. The molecule has 0 aromatic carbocycles. The van der Waals surface area contributed by atoms with E-state index in [4.69, 9.17) is 15.8 Å².